The van der Waals surface area contributed by atoms with Gasteiger partial charge < -0.3 is 0 Å². The molecule has 0 aliphatic carbocycles. The number of hydrogen-bond acceptors (Lipinski definition) is 0. The topological polar surface area (TPSA) is 0 Å². The second kappa shape index (κ2) is 21.7. The Hall–Kier alpha value is 0.720. The third-order valence-electron chi connectivity index (χ3n) is 4.61. The lowest BCUT2D eigenvalue weighted by atomic mass is 10.0. The van der Waals surface area contributed by atoms with E-state index in [9.17, 15) is 0 Å². The molecule has 0 nitrogen and oxygen atoms in total. The average molecular weight is 351 g/mol. The van der Waals surface area contributed by atoms with Crippen LogP contribution >= 0.6 is 21.6 Å². The molecule has 136 valence electrons. The van der Waals surface area contributed by atoms with E-state index in [1.165, 1.54) is 109 Å². The Morgan fingerprint density at radius 3 is 1.14 bits per heavy atom. The fourth-order valence-corrected chi connectivity index (χ4v) is 3.52. The summed E-state index contributed by atoms with van der Waals surface area (Å²) in [6.07, 6.45) is 24.6. The monoisotopic (exact) mass is 350 g/mol. The zero-order chi connectivity index (χ0) is 15.6. The fourth-order valence-electron chi connectivity index (χ4n) is 3.05. The standard InChI is InChI=1S/C20H43P.ClH/c1-3-5-7-9-10-11-12-13-14-15-17-19-20(21)18-16-8-6-4-2;/h20H,3-19,21H2,1-2H3;1H. The van der Waals surface area contributed by atoms with Crippen molar-refractivity contribution in [3.63, 3.8) is 0 Å². The van der Waals surface area contributed by atoms with E-state index in [1.54, 1.807) is 0 Å². The van der Waals surface area contributed by atoms with Crippen LogP contribution in [0.3, 0.4) is 0 Å². The maximum absolute atomic E-state index is 3.08. The minimum Gasteiger partial charge on any atom is -0.147 e. The van der Waals surface area contributed by atoms with Gasteiger partial charge in [0.15, 0.2) is 0 Å². The SMILES string of the molecule is CCCCCCCCCCCCCC(P)CCCCCC.Cl. The first-order valence-corrected chi connectivity index (χ1v) is 10.7. The van der Waals surface area contributed by atoms with Crippen molar-refractivity contribution in [1.29, 1.82) is 0 Å². The molecule has 0 saturated carbocycles. The van der Waals surface area contributed by atoms with Crippen LogP contribution in [0.25, 0.3) is 0 Å². The van der Waals surface area contributed by atoms with Crippen LogP contribution in [0.2, 0.25) is 0 Å². The highest BCUT2D eigenvalue weighted by Crippen LogP contribution is 2.19. The van der Waals surface area contributed by atoms with Gasteiger partial charge in [0.05, 0.1) is 0 Å². The highest BCUT2D eigenvalue weighted by Gasteiger charge is 2.01. The second-order valence-electron chi connectivity index (χ2n) is 6.93. The first-order valence-electron chi connectivity index (χ1n) is 10.1. The third-order valence-corrected chi connectivity index (χ3v) is 5.27. The number of halogens is 1. The molecule has 2 atom stereocenters. The molecule has 2 heteroatoms. The molecule has 2 unspecified atom stereocenters. The quantitative estimate of drug-likeness (QED) is 0.183. The molecule has 0 radical (unpaired) electrons. The number of unbranched alkanes of at least 4 members (excludes halogenated alkanes) is 13. The van der Waals surface area contributed by atoms with Crippen LogP contribution in [0.4, 0.5) is 0 Å². The first kappa shape index (κ1) is 25.0. The summed E-state index contributed by atoms with van der Waals surface area (Å²) in [5, 5.41) is 0. The highest BCUT2D eigenvalue weighted by atomic mass is 35.5. The molecule has 0 spiro atoms. The Balaban J connectivity index is 0. The number of hydrogen-bond donors (Lipinski definition) is 0. The van der Waals surface area contributed by atoms with E-state index < -0.39 is 0 Å². The summed E-state index contributed by atoms with van der Waals surface area (Å²) in [7, 11) is 3.08. The molecule has 0 aliphatic heterocycles. The lowest BCUT2D eigenvalue weighted by Gasteiger charge is -2.10. The zero-order valence-electron chi connectivity index (χ0n) is 15.6. The fraction of sp³-hybridized carbons (Fsp3) is 1.00. The van der Waals surface area contributed by atoms with E-state index in [-0.39, 0.29) is 12.4 Å². The summed E-state index contributed by atoms with van der Waals surface area (Å²) in [4.78, 5) is 0. The largest absolute Gasteiger partial charge is 0.147 e. The highest BCUT2D eigenvalue weighted by molar-refractivity contribution is 7.17. The Bertz CT molecular complexity index is 185. The van der Waals surface area contributed by atoms with Gasteiger partial charge in [-0.3, -0.25) is 0 Å². The third kappa shape index (κ3) is 20.7. The van der Waals surface area contributed by atoms with Gasteiger partial charge in [-0.1, -0.05) is 110 Å². The summed E-state index contributed by atoms with van der Waals surface area (Å²) in [5.41, 5.74) is 0.889. The molecule has 0 saturated heterocycles. The average Bonchev–Trinajstić information content (AvgIpc) is 2.49. The van der Waals surface area contributed by atoms with Gasteiger partial charge in [-0.2, -0.15) is 0 Å². The summed E-state index contributed by atoms with van der Waals surface area (Å²) >= 11 is 0. The van der Waals surface area contributed by atoms with E-state index in [0.717, 1.165) is 5.66 Å². The van der Waals surface area contributed by atoms with Gasteiger partial charge in [0, 0.05) is 0 Å². The van der Waals surface area contributed by atoms with Crippen LogP contribution in [-0.4, -0.2) is 5.66 Å². The molecular formula is C20H44ClP. The van der Waals surface area contributed by atoms with E-state index in [2.05, 4.69) is 23.1 Å². The molecule has 0 aromatic heterocycles. The second-order valence-corrected chi connectivity index (χ2v) is 7.88. The predicted molar refractivity (Wildman–Crippen MR) is 111 cm³/mol. The zero-order valence-corrected chi connectivity index (χ0v) is 17.6. The van der Waals surface area contributed by atoms with Crippen molar-refractivity contribution in [2.75, 3.05) is 0 Å². The molecule has 0 N–H and O–H groups in total. The van der Waals surface area contributed by atoms with Gasteiger partial charge >= 0.3 is 0 Å². The molecule has 0 bridgehead atoms. The Morgan fingerprint density at radius 2 is 0.773 bits per heavy atom. The summed E-state index contributed by atoms with van der Waals surface area (Å²) in [6, 6.07) is 0. The van der Waals surface area contributed by atoms with Crippen molar-refractivity contribution >= 4 is 21.6 Å². The molecule has 0 rings (SSSR count). The lowest BCUT2D eigenvalue weighted by molar-refractivity contribution is 0.531. The van der Waals surface area contributed by atoms with E-state index >= 15 is 0 Å². The van der Waals surface area contributed by atoms with Crippen LogP contribution in [0.5, 0.6) is 0 Å². The van der Waals surface area contributed by atoms with Crippen LogP contribution < -0.4 is 0 Å². The van der Waals surface area contributed by atoms with E-state index in [1.807, 2.05) is 0 Å². The van der Waals surface area contributed by atoms with Crippen LogP contribution in [0, 0.1) is 0 Å². The van der Waals surface area contributed by atoms with Crippen molar-refractivity contribution in [3.05, 3.63) is 0 Å². The first-order chi connectivity index (χ1) is 10.3. The van der Waals surface area contributed by atoms with Crippen molar-refractivity contribution in [2.24, 2.45) is 0 Å². The van der Waals surface area contributed by atoms with Crippen LogP contribution in [0.15, 0.2) is 0 Å². The Morgan fingerprint density at radius 1 is 0.500 bits per heavy atom. The van der Waals surface area contributed by atoms with Gasteiger partial charge in [0.1, 0.15) is 0 Å². The van der Waals surface area contributed by atoms with Gasteiger partial charge in [-0.05, 0) is 18.5 Å². The maximum Gasteiger partial charge on any atom is -0.0264 e. The van der Waals surface area contributed by atoms with Crippen molar-refractivity contribution in [2.45, 2.75) is 129 Å². The van der Waals surface area contributed by atoms with Crippen molar-refractivity contribution < 1.29 is 0 Å². The molecular weight excluding hydrogens is 307 g/mol. The molecule has 0 aliphatic rings. The van der Waals surface area contributed by atoms with Crippen molar-refractivity contribution in [1.82, 2.24) is 0 Å². The molecule has 22 heavy (non-hydrogen) atoms. The summed E-state index contributed by atoms with van der Waals surface area (Å²) in [6.45, 7) is 4.59. The molecule has 0 aromatic rings. The Kier molecular flexibility index (Phi) is 24.6. The summed E-state index contributed by atoms with van der Waals surface area (Å²) < 4.78 is 0. The minimum atomic E-state index is 0. The van der Waals surface area contributed by atoms with Crippen LogP contribution in [0.1, 0.15) is 123 Å². The number of rotatable bonds is 17. The predicted octanol–water partition coefficient (Wildman–Crippen LogP) is 8.32. The smallest absolute Gasteiger partial charge is 0.0264 e. The van der Waals surface area contributed by atoms with Gasteiger partial charge in [-0.25, -0.2) is 0 Å². The van der Waals surface area contributed by atoms with Crippen molar-refractivity contribution in [3.8, 4) is 0 Å². The molecule has 0 aromatic carbocycles. The molecule has 0 amide bonds. The Labute approximate surface area is 150 Å². The van der Waals surface area contributed by atoms with Gasteiger partial charge in [0.2, 0.25) is 0 Å². The van der Waals surface area contributed by atoms with Crippen LogP contribution in [-0.2, 0) is 0 Å². The summed E-state index contributed by atoms with van der Waals surface area (Å²) in [5.74, 6) is 0. The minimum absolute atomic E-state index is 0. The maximum atomic E-state index is 3.08. The van der Waals surface area contributed by atoms with Gasteiger partial charge in [-0.15, -0.1) is 21.6 Å². The van der Waals surface area contributed by atoms with E-state index in [4.69, 9.17) is 0 Å². The normalized spacial score (nSPS) is 12.1. The van der Waals surface area contributed by atoms with Gasteiger partial charge in [0.25, 0.3) is 0 Å². The molecule has 0 heterocycles. The molecule has 0 fully saturated rings. The lowest BCUT2D eigenvalue weighted by Crippen LogP contribution is -1.97. The van der Waals surface area contributed by atoms with E-state index in [0.29, 0.717) is 0 Å².